The number of nitrogens with zero attached hydrogens (tertiary/aromatic N) is 1. The lowest BCUT2D eigenvalue weighted by Gasteiger charge is -2.37. The van der Waals surface area contributed by atoms with Crippen molar-refractivity contribution in [2.24, 2.45) is 5.92 Å². The first-order valence-corrected chi connectivity index (χ1v) is 8.83. The number of esters is 1. The first-order chi connectivity index (χ1) is 9.91. The summed E-state index contributed by atoms with van der Waals surface area (Å²) in [6.07, 6.45) is 0.729. The maximum atomic E-state index is 12.2. The molecule has 0 spiro atoms. The van der Waals surface area contributed by atoms with Gasteiger partial charge in [0, 0.05) is 19.1 Å². The van der Waals surface area contributed by atoms with Crippen molar-refractivity contribution in [2.75, 3.05) is 26.5 Å². The zero-order valence-corrected chi connectivity index (χ0v) is 14.4. The number of carbonyl (C=O) groups excluding carboxylic acids is 2. The SMILES string of the molecule is COC(=O)[C@@H]1C[C@H](NS(C)(=O)=O)CN(C(=O)OC(C)(C)C)C1. The Morgan fingerprint density at radius 3 is 2.27 bits per heavy atom. The standard InChI is InChI=1S/C13H24N2O6S/c1-13(2,3)21-12(17)15-7-9(11(16)20-4)6-10(8-15)14-22(5,18)19/h9-10,14H,6-8H2,1-5H3/t9-,10+/m1/s1. The van der Waals surface area contributed by atoms with E-state index in [4.69, 9.17) is 9.47 Å². The van der Waals surface area contributed by atoms with Crippen LogP contribution in [0.2, 0.25) is 0 Å². The quantitative estimate of drug-likeness (QED) is 0.745. The molecular formula is C13H24N2O6S. The van der Waals surface area contributed by atoms with Crippen LogP contribution in [0.15, 0.2) is 0 Å². The van der Waals surface area contributed by atoms with Crippen LogP contribution >= 0.6 is 0 Å². The largest absolute Gasteiger partial charge is 0.469 e. The van der Waals surface area contributed by atoms with Gasteiger partial charge in [0.15, 0.2) is 0 Å². The zero-order chi connectivity index (χ0) is 17.1. The van der Waals surface area contributed by atoms with Crippen molar-refractivity contribution in [2.45, 2.75) is 38.8 Å². The summed E-state index contributed by atoms with van der Waals surface area (Å²) in [5.74, 6) is -1.07. The van der Waals surface area contributed by atoms with E-state index in [1.165, 1.54) is 12.0 Å². The van der Waals surface area contributed by atoms with Crippen molar-refractivity contribution >= 4 is 22.1 Å². The fourth-order valence-electron chi connectivity index (χ4n) is 2.30. The molecule has 0 unspecified atom stereocenters. The number of ether oxygens (including phenoxy) is 2. The van der Waals surface area contributed by atoms with Crippen LogP contribution in [0.1, 0.15) is 27.2 Å². The van der Waals surface area contributed by atoms with Crippen molar-refractivity contribution in [3.63, 3.8) is 0 Å². The summed E-state index contributed by atoms with van der Waals surface area (Å²) < 4.78 is 35.2. The second kappa shape index (κ2) is 6.82. The first kappa shape index (κ1) is 18.7. The topological polar surface area (TPSA) is 102 Å². The van der Waals surface area contributed by atoms with Crippen LogP contribution in [0.3, 0.4) is 0 Å². The van der Waals surface area contributed by atoms with E-state index in [9.17, 15) is 18.0 Å². The fraction of sp³-hybridized carbons (Fsp3) is 0.846. The van der Waals surface area contributed by atoms with Gasteiger partial charge in [-0.3, -0.25) is 4.79 Å². The van der Waals surface area contributed by atoms with Crippen molar-refractivity contribution in [3.05, 3.63) is 0 Å². The van der Waals surface area contributed by atoms with E-state index in [0.717, 1.165) is 6.26 Å². The van der Waals surface area contributed by atoms with Gasteiger partial charge in [-0.2, -0.15) is 0 Å². The molecule has 128 valence electrons. The average Bonchev–Trinajstić information content (AvgIpc) is 2.33. The number of carbonyl (C=O) groups is 2. The third-order valence-corrected chi connectivity index (χ3v) is 3.78. The van der Waals surface area contributed by atoms with E-state index < -0.39 is 39.6 Å². The molecule has 0 aromatic heterocycles. The molecule has 9 heteroatoms. The summed E-state index contributed by atoms with van der Waals surface area (Å²) in [4.78, 5) is 25.2. The lowest BCUT2D eigenvalue weighted by atomic mass is 9.95. The molecule has 8 nitrogen and oxygen atoms in total. The summed E-state index contributed by atoms with van der Waals surface area (Å²) in [7, 11) is -2.19. The Morgan fingerprint density at radius 2 is 1.82 bits per heavy atom. The van der Waals surface area contributed by atoms with E-state index in [0.29, 0.717) is 0 Å². The van der Waals surface area contributed by atoms with Gasteiger partial charge in [0.1, 0.15) is 5.60 Å². The van der Waals surface area contributed by atoms with Crippen LogP contribution in [-0.4, -0.2) is 63.5 Å². The Kier molecular flexibility index (Phi) is 5.80. The molecule has 0 bridgehead atoms. The van der Waals surface area contributed by atoms with Gasteiger partial charge in [0.05, 0.1) is 19.3 Å². The van der Waals surface area contributed by atoms with Crippen molar-refractivity contribution in [3.8, 4) is 0 Å². The Morgan fingerprint density at radius 1 is 1.23 bits per heavy atom. The van der Waals surface area contributed by atoms with Crippen LogP contribution < -0.4 is 4.72 Å². The lowest BCUT2D eigenvalue weighted by Crippen LogP contribution is -2.54. The minimum absolute atomic E-state index is 0.142. The molecule has 2 atom stereocenters. The molecule has 1 N–H and O–H groups in total. The molecule has 22 heavy (non-hydrogen) atoms. The number of sulfonamides is 1. The number of methoxy groups -OCH3 is 1. The van der Waals surface area contributed by atoms with Crippen molar-refractivity contribution < 1.29 is 27.5 Å². The zero-order valence-electron chi connectivity index (χ0n) is 13.6. The molecule has 0 radical (unpaired) electrons. The number of nitrogens with one attached hydrogen (secondary N) is 1. The maximum Gasteiger partial charge on any atom is 0.410 e. The van der Waals surface area contributed by atoms with Gasteiger partial charge in [-0.05, 0) is 27.2 Å². The molecule has 1 aliphatic heterocycles. The highest BCUT2D eigenvalue weighted by Gasteiger charge is 2.37. The maximum absolute atomic E-state index is 12.2. The van der Waals surface area contributed by atoms with Gasteiger partial charge in [-0.15, -0.1) is 0 Å². The van der Waals surface area contributed by atoms with Crippen LogP contribution in [0.5, 0.6) is 0 Å². The molecule has 0 aromatic carbocycles. The van der Waals surface area contributed by atoms with Crippen LogP contribution in [-0.2, 0) is 24.3 Å². The van der Waals surface area contributed by atoms with Crippen LogP contribution in [0.4, 0.5) is 4.79 Å². The second-order valence-corrected chi connectivity index (χ2v) is 8.21. The molecule has 1 fully saturated rings. The minimum Gasteiger partial charge on any atom is -0.469 e. The van der Waals surface area contributed by atoms with Gasteiger partial charge in [-0.25, -0.2) is 17.9 Å². The number of rotatable bonds is 3. The van der Waals surface area contributed by atoms with Gasteiger partial charge >= 0.3 is 12.1 Å². The van der Waals surface area contributed by atoms with Crippen molar-refractivity contribution in [1.82, 2.24) is 9.62 Å². The normalized spacial score (nSPS) is 23.0. The lowest BCUT2D eigenvalue weighted by molar-refractivity contribution is -0.147. The molecule has 0 saturated carbocycles. The van der Waals surface area contributed by atoms with Gasteiger partial charge in [0.2, 0.25) is 10.0 Å². The fourth-order valence-corrected chi connectivity index (χ4v) is 3.08. The molecule has 1 saturated heterocycles. The monoisotopic (exact) mass is 336 g/mol. The summed E-state index contributed by atoms with van der Waals surface area (Å²) in [6, 6.07) is -0.555. The van der Waals surface area contributed by atoms with E-state index in [1.807, 2.05) is 0 Å². The Balaban J connectivity index is 2.87. The molecule has 1 rings (SSSR count). The summed E-state index contributed by atoms with van der Waals surface area (Å²) >= 11 is 0. The van der Waals surface area contributed by atoms with Gasteiger partial charge in [0.25, 0.3) is 0 Å². The number of piperidine rings is 1. The Bertz CT molecular complexity index is 525. The highest BCUT2D eigenvalue weighted by molar-refractivity contribution is 7.88. The Labute approximate surface area is 131 Å². The molecular weight excluding hydrogens is 312 g/mol. The number of amides is 1. The summed E-state index contributed by atoms with van der Waals surface area (Å²) in [5, 5.41) is 0. The molecule has 0 aromatic rings. The van der Waals surface area contributed by atoms with E-state index in [2.05, 4.69) is 4.72 Å². The van der Waals surface area contributed by atoms with Gasteiger partial charge in [-0.1, -0.05) is 0 Å². The minimum atomic E-state index is -3.44. The Hall–Kier alpha value is -1.35. The third-order valence-electron chi connectivity index (χ3n) is 3.02. The summed E-state index contributed by atoms with van der Waals surface area (Å²) in [5.41, 5.74) is -0.672. The molecule has 1 amide bonds. The summed E-state index contributed by atoms with van der Waals surface area (Å²) in [6.45, 7) is 5.50. The third kappa shape index (κ3) is 6.18. The van der Waals surface area contributed by atoms with E-state index in [1.54, 1.807) is 20.8 Å². The number of likely N-dealkylation sites (tertiary alicyclic amines) is 1. The first-order valence-electron chi connectivity index (χ1n) is 6.94. The molecule has 0 aliphatic carbocycles. The predicted molar refractivity (Wildman–Crippen MR) is 79.7 cm³/mol. The number of hydrogen-bond donors (Lipinski definition) is 1. The predicted octanol–water partition coefficient (Wildman–Crippen LogP) is 0.334. The van der Waals surface area contributed by atoms with E-state index in [-0.39, 0.29) is 19.5 Å². The average molecular weight is 336 g/mol. The highest BCUT2D eigenvalue weighted by Crippen LogP contribution is 2.21. The second-order valence-electron chi connectivity index (χ2n) is 6.43. The number of hydrogen-bond acceptors (Lipinski definition) is 6. The van der Waals surface area contributed by atoms with Crippen molar-refractivity contribution in [1.29, 1.82) is 0 Å². The van der Waals surface area contributed by atoms with Crippen LogP contribution in [0.25, 0.3) is 0 Å². The highest BCUT2D eigenvalue weighted by atomic mass is 32.2. The van der Waals surface area contributed by atoms with Crippen LogP contribution in [0, 0.1) is 5.92 Å². The molecule has 1 heterocycles. The van der Waals surface area contributed by atoms with E-state index >= 15 is 0 Å². The van der Waals surface area contributed by atoms with Gasteiger partial charge < -0.3 is 14.4 Å². The smallest absolute Gasteiger partial charge is 0.410 e. The molecule has 1 aliphatic rings.